The van der Waals surface area contributed by atoms with Gasteiger partial charge >= 0.3 is 0 Å². The molecule has 0 spiro atoms. The summed E-state index contributed by atoms with van der Waals surface area (Å²) in [4.78, 5) is 23.3. The fourth-order valence-corrected chi connectivity index (χ4v) is 3.88. The van der Waals surface area contributed by atoms with Crippen LogP contribution in [0.5, 0.6) is 0 Å². The molecule has 0 radical (unpaired) electrons. The molecule has 4 heterocycles. The average molecular weight is 352 g/mol. The Kier molecular flexibility index (Phi) is 4.01. The summed E-state index contributed by atoms with van der Waals surface area (Å²) >= 11 is 0. The highest BCUT2D eigenvalue weighted by molar-refractivity contribution is 5.93. The molecule has 0 aliphatic carbocycles. The van der Waals surface area contributed by atoms with Gasteiger partial charge in [-0.1, -0.05) is 6.92 Å². The molecule has 0 bridgehead atoms. The number of nitrogens with two attached hydrogens (primary N) is 1. The predicted octanol–water partition coefficient (Wildman–Crippen LogP) is 2.16. The number of pyridine rings is 1. The first-order chi connectivity index (χ1) is 12.5. The van der Waals surface area contributed by atoms with Crippen LogP contribution in [0.2, 0.25) is 0 Å². The number of anilines is 1. The standard InChI is InChI=1S/C19H24N6O/c1-4-14-9-15(24-7-5-6-13(10-24)17(20)26)25-19(22-14)16-11(2)8-12(3)21-18(16)23-25/h8-9,13H,4-7,10H2,1-3H3,(H2,20,26)/t13-/m1/s1. The van der Waals surface area contributed by atoms with Gasteiger partial charge in [-0.2, -0.15) is 4.52 Å². The first-order valence-electron chi connectivity index (χ1n) is 9.18. The Morgan fingerprint density at radius 3 is 2.85 bits per heavy atom. The second-order valence-electron chi connectivity index (χ2n) is 7.16. The number of primary amides is 1. The van der Waals surface area contributed by atoms with Crippen molar-refractivity contribution in [2.75, 3.05) is 18.0 Å². The molecule has 136 valence electrons. The van der Waals surface area contributed by atoms with E-state index in [0.29, 0.717) is 12.2 Å². The van der Waals surface area contributed by atoms with E-state index in [9.17, 15) is 4.79 Å². The van der Waals surface area contributed by atoms with Crippen molar-refractivity contribution < 1.29 is 4.79 Å². The maximum atomic E-state index is 11.7. The Hall–Kier alpha value is -2.70. The van der Waals surface area contributed by atoms with E-state index < -0.39 is 0 Å². The fraction of sp³-hybridized carbons (Fsp3) is 0.474. The lowest BCUT2D eigenvalue weighted by molar-refractivity contribution is -0.122. The van der Waals surface area contributed by atoms with Crippen molar-refractivity contribution in [3.63, 3.8) is 0 Å². The van der Waals surface area contributed by atoms with E-state index in [-0.39, 0.29) is 11.8 Å². The average Bonchev–Trinajstić information content (AvgIpc) is 2.99. The first kappa shape index (κ1) is 16.8. The molecule has 1 atom stereocenters. The van der Waals surface area contributed by atoms with Crippen LogP contribution in [0.1, 0.15) is 36.7 Å². The molecule has 3 aromatic rings. The van der Waals surface area contributed by atoms with E-state index in [2.05, 4.69) is 35.9 Å². The summed E-state index contributed by atoms with van der Waals surface area (Å²) in [6.07, 6.45) is 2.62. The third-order valence-corrected chi connectivity index (χ3v) is 5.22. The lowest BCUT2D eigenvalue weighted by Gasteiger charge is -2.33. The summed E-state index contributed by atoms with van der Waals surface area (Å²) in [7, 11) is 0. The van der Waals surface area contributed by atoms with Crippen LogP contribution in [0.15, 0.2) is 12.1 Å². The third kappa shape index (κ3) is 2.67. The van der Waals surface area contributed by atoms with E-state index in [1.165, 1.54) is 0 Å². The Balaban J connectivity index is 1.93. The molecule has 1 fully saturated rings. The van der Waals surface area contributed by atoms with E-state index in [1.807, 2.05) is 11.4 Å². The summed E-state index contributed by atoms with van der Waals surface area (Å²) in [6.45, 7) is 7.65. The van der Waals surface area contributed by atoms with Gasteiger partial charge in [-0.25, -0.2) is 9.97 Å². The van der Waals surface area contributed by atoms with E-state index in [4.69, 9.17) is 15.8 Å². The molecule has 0 saturated carbocycles. The number of hydrogen-bond donors (Lipinski definition) is 1. The zero-order chi connectivity index (χ0) is 18.4. The van der Waals surface area contributed by atoms with Crippen LogP contribution in [0, 0.1) is 19.8 Å². The maximum absolute atomic E-state index is 11.7. The molecule has 0 aromatic carbocycles. The van der Waals surface area contributed by atoms with Crippen molar-refractivity contribution in [1.29, 1.82) is 0 Å². The molecule has 3 aromatic heterocycles. The van der Waals surface area contributed by atoms with Crippen molar-refractivity contribution in [3.8, 4) is 0 Å². The van der Waals surface area contributed by atoms with E-state index in [0.717, 1.165) is 59.6 Å². The number of aromatic nitrogens is 4. The molecule has 7 nitrogen and oxygen atoms in total. The molecule has 26 heavy (non-hydrogen) atoms. The van der Waals surface area contributed by atoms with Crippen LogP contribution in [-0.2, 0) is 11.2 Å². The summed E-state index contributed by atoms with van der Waals surface area (Å²) in [5, 5.41) is 5.74. The fourth-order valence-electron chi connectivity index (χ4n) is 3.88. The second-order valence-corrected chi connectivity index (χ2v) is 7.16. The van der Waals surface area contributed by atoms with Gasteiger partial charge in [0.25, 0.3) is 0 Å². The van der Waals surface area contributed by atoms with Crippen LogP contribution < -0.4 is 10.6 Å². The number of piperidine rings is 1. The minimum Gasteiger partial charge on any atom is -0.369 e. The van der Waals surface area contributed by atoms with Crippen molar-refractivity contribution in [2.24, 2.45) is 11.7 Å². The number of fused-ring (bicyclic) bond motifs is 3. The van der Waals surface area contributed by atoms with Crippen molar-refractivity contribution in [2.45, 2.75) is 40.0 Å². The molecule has 2 N–H and O–H groups in total. The summed E-state index contributed by atoms with van der Waals surface area (Å²) in [6, 6.07) is 4.14. The van der Waals surface area contributed by atoms with Crippen molar-refractivity contribution in [3.05, 3.63) is 29.1 Å². The molecule has 1 aliphatic heterocycles. The van der Waals surface area contributed by atoms with Crippen LogP contribution in [0.3, 0.4) is 0 Å². The zero-order valence-corrected chi connectivity index (χ0v) is 15.5. The quantitative estimate of drug-likeness (QED) is 0.780. The van der Waals surface area contributed by atoms with E-state index >= 15 is 0 Å². The van der Waals surface area contributed by atoms with E-state index in [1.54, 1.807) is 0 Å². The topological polar surface area (TPSA) is 89.4 Å². The minimum absolute atomic E-state index is 0.121. The SMILES string of the molecule is CCc1cc(N2CCC[C@@H](C(N)=O)C2)n2nc3nc(C)cc(C)c3c2n1. The predicted molar refractivity (Wildman–Crippen MR) is 101 cm³/mol. The van der Waals surface area contributed by atoms with Gasteiger partial charge in [0.1, 0.15) is 5.82 Å². The third-order valence-electron chi connectivity index (χ3n) is 5.22. The van der Waals surface area contributed by atoms with Gasteiger partial charge < -0.3 is 10.6 Å². The van der Waals surface area contributed by atoms with Crippen molar-refractivity contribution >= 4 is 28.4 Å². The monoisotopic (exact) mass is 352 g/mol. The lowest BCUT2D eigenvalue weighted by Crippen LogP contribution is -2.42. The molecule has 1 amide bonds. The second kappa shape index (κ2) is 6.23. The number of rotatable bonds is 3. The number of carbonyl (C=O) groups is 1. The normalized spacial score (nSPS) is 18.0. The van der Waals surface area contributed by atoms with Gasteiger partial charge in [-0.05, 0) is 44.7 Å². The van der Waals surface area contributed by atoms with Gasteiger partial charge in [0, 0.05) is 30.5 Å². The number of nitrogens with zero attached hydrogens (tertiary/aromatic N) is 5. The highest BCUT2D eigenvalue weighted by Gasteiger charge is 2.26. The Labute approximate surface area is 152 Å². The van der Waals surface area contributed by atoms with Crippen LogP contribution in [0.4, 0.5) is 5.82 Å². The molecule has 0 unspecified atom stereocenters. The summed E-state index contributed by atoms with van der Waals surface area (Å²) < 4.78 is 1.88. The highest BCUT2D eigenvalue weighted by Crippen LogP contribution is 2.29. The Bertz CT molecular complexity index is 1010. The minimum atomic E-state index is -0.227. The summed E-state index contributed by atoms with van der Waals surface area (Å²) in [5.41, 5.74) is 10.2. The van der Waals surface area contributed by atoms with Gasteiger partial charge in [-0.15, -0.1) is 5.10 Å². The zero-order valence-electron chi connectivity index (χ0n) is 15.5. The molecular formula is C19H24N6O. The van der Waals surface area contributed by atoms with Gasteiger partial charge in [0.05, 0.1) is 11.3 Å². The molecule has 1 aliphatic rings. The largest absolute Gasteiger partial charge is 0.369 e. The van der Waals surface area contributed by atoms with Crippen LogP contribution >= 0.6 is 0 Å². The Morgan fingerprint density at radius 1 is 1.31 bits per heavy atom. The van der Waals surface area contributed by atoms with Crippen molar-refractivity contribution in [1.82, 2.24) is 19.6 Å². The molecule has 1 saturated heterocycles. The summed E-state index contributed by atoms with van der Waals surface area (Å²) in [5.74, 6) is 0.617. The lowest BCUT2D eigenvalue weighted by atomic mass is 9.97. The molecule has 7 heteroatoms. The Morgan fingerprint density at radius 2 is 2.12 bits per heavy atom. The number of amides is 1. The number of carbonyl (C=O) groups excluding carboxylic acids is 1. The number of aryl methyl sites for hydroxylation is 3. The molecule has 4 rings (SSSR count). The van der Waals surface area contributed by atoms with Gasteiger partial charge in [0.2, 0.25) is 5.91 Å². The number of hydrogen-bond acceptors (Lipinski definition) is 5. The van der Waals surface area contributed by atoms with Gasteiger partial charge in [-0.3, -0.25) is 4.79 Å². The van der Waals surface area contributed by atoms with Gasteiger partial charge in [0.15, 0.2) is 11.3 Å². The first-order valence-corrected chi connectivity index (χ1v) is 9.18. The molecular weight excluding hydrogens is 328 g/mol. The smallest absolute Gasteiger partial charge is 0.222 e. The van der Waals surface area contributed by atoms with Crippen LogP contribution in [0.25, 0.3) is 16.7 Å². The highest BCUT2D eigenvalue weighted by atomic mass is 16.1. The maximum Gasteiger partial charge on any atom is 0.222 e. The van der Waals surface area contributed by atoms with Crippen LogP contribution in [-0.4, -0.2) is 38.6 Å².